The first-order chi connectivity index (χ1) is 12.2. The van der Waals surface area contributed by atoms with E-state index in [9.17, 15) is 0 Å². The Morgan fingerprint density at radius 2 is 1.96 bits per heavy atom. The van der Waals surface area contributed by atoms with Crippen LogP contribution in [0.3, 0.4) is 0 Å². The van der Waals surface area contributed by atoms with E-state index >= 15 is 0 Å². The molecule has 0 spiro atoms. The molecule has 25 heavy (non-hydrogen) atoms. The molecule has 2 aromatic rings. The lowest BCUT2D eigenvalue weighted by Gasteiger charge is -2.39. The summed E-state index contributed by atoms with van der Waals surface area (Å²) in [5.74, 6) is 1.73. The Morgan fingerprint density at radius 1 is 1.20 bits per heavy atom. The molecule has 4 nitrogen and oxygen atoms in total. The van der Waals surface area contributed by atoms with Gasteiger partial charge in [-0.25, -0.2) is 0 Å². The van der Waals surface area contributed by atoms with Crippen LogP contribution < -0.4 is 10.1 Å². The van der Waals surface area contributed by atoms with E-state index in [0.29, 0.717) is 6.04 Å². The minimum Gasteiger partial charge on any atom is -0.495 e. The molecular weight excluding hydrogens is 332 g/mol. The predicted molar refractivity (Wildman–Crippen MR) is 105 cm³/mol. The van der Waals surface area contributed by atoms with Crippen molar-refractivity contribution in [2.45, 2.75) is 51.1 Å². The van der Waals surface area contributed by atoms with E-state index in [1.807, 2.05) is 36.4 Å². The van der Waals surface area contributed by atoms with Gasteiger partial charge in [0.25, 0.3) is 0 Å². The summed E-state index contributed by atoms with van der Waals surface area (Å²) in [7, 11) is 1.67. The highest BCUT2D eigenvalue weighted by Crippen LogP contribution is 2.32. The maximum Gasteiger partial charge on any atom is 0.174 e. The number of para-hydroxylation sites is 2. The summed E-state index contributed by atoms with van der Waals surface area (Å²) in [4.78, 5) is 2.31. The number of thiocarbonyl (C=S) groups is 1. The third kappa shape index (κ3) is 4.15. The van der Waals surface area contributed by atoms with E-state index in [1.165, 1.54) is 32.1 Å². The summed E-state index contributed by atoms with van der Waals surface area (Å²) in [5.41, 5.74) is 0.891. The van der Waals surface area contributed by atoms with Crippen molar-refractivity contribution in [3.63, 3.8) is 0 Å². The molecule has 3 rings (SSSR count). The number of furan rings is 1. The lowest BCUT2D eigenvalue weighted by atomic mass is 9.93. The molecule has 1 aliphatic rings. The molecule has 1 atom stereocenters. The molecule has 1 aliphatic carbocycles. The molecule has 134 valence electrons. The van der Waals surface area contributed by atoms with E-state index < -0.39 is 0 Å². The fourth-order valence-corrected chi connectivity index (χ4v) is 4.03. The Morgan fingerprint density at radius 3 is 2.64 bits per heavy atom. The fourth-order valence-electron chi connectivity index (χ4n) is 3.61. The lowest BCUT2D eigenvalue weighted by molar-refractivity contribution is 0.186. The van der Waals surface area contributed by atoms with Crippen molar-refractivity contribution in [1.82, 2.24) is 4.90 Å². The van der Waals surface area contributed by atoms with Gasteiger partial charge >= 0.3 is 0 Å². The quantitative estimate of drug-likeness (QED) is 0.726. The smallest absolute Gasteiger partial charge is 0.174 e. The van der Waals surface area contributed by atoms with Crippen LogP contribution in [0.25, 0.3) is 0 Å². The molecule has 0 bridgehead atoms. The average molecular weight is 359 g/mol. The van der Waals surface area contributed by atoms with Gasteiger partial charge in [0.1, 0.15) is 11.5 Å². The fraction of sp³-hybridized carbons (Fsp3) is 0.450. The van der Waals surface area contributed by atoms with Gasteiger partial charge in [0, 0.05) is 6.04 Å². The number of nitrogens with zero attached hydrogens (tertiary/aromatic N) is 1. The van der Waals surface area contributed by atoms with Crippen LogP contribution in [-0.4, -0.2) is 23.2 Å². The van der Waals surface area contributed by atoms with E-state index in [2.05, 4.69) is 17.1 Å². The van der Waals surface area contributed by atoms with Crippen LogP contribution in [0.15, 0.2) is 47.1 Å². The number of hydrogen-bond donors (Lipinski definition) is 1. The molecule has 0 radical (unpaired) electrons. The Bertz CT molecular complexity index is 681. The second-order valence-corrected chi connectivity index (χ2v) is 6.91. The molecular formula is C20H26N2O2S. The van der Waals surface area contributed by atoms with Crippen LogP contribution >= 0.6 is 12.2 Å². The van der Waals surface area contributed by atoms with E-state index in [0.717, 1.165) is 22.3 Å². The minimum absolute atomic E-state index is 0.0906. The van der Waals surface area contributed by atoms with Crippen molar-refractivity contribution in [2.24, 2.45) is 0 Å². The van der Waals surface area contributed by atoms with Gasteiger partial charge in [-0.05, 0) is 56.2 Å². The van der Waals surface area contributed by atoms with Crippen molar-refractivity contribution in [1.29, 1.82) is 0 Å². The van der Waals surface area contributed by atoms with Crippen LogP contribution in [0.2, 0.25) is 0 Å². The average Bonchev–Trinajstić information content (AvgIpc) is 3.18. The maximum atomic E-state index is 5.81. The van der Waals surface area contributed by atoms with Crippen molar-refractivity contribution in [3.8, 4) is 5.75 Å². The van der Waals surface area contributed by atoms with Crippen LogP contribution in [0, 0.1) is 0 Å². The molecule has 0 aliphatic heterocycles. The molecule has 1 N–H and O–H groups in total. The number of methoxy groups -OCH3 is 1. The van der Waals surface area contributed by atoms with E-state index in [1.54, 1.807) is 13.4 Å². The monoisotopic (exact) mass is 358 g/mol. The summed E-state index contributed by atoms with van der Waals surface area (Å²) in [5, 5.41) is 4.11. The Balaban J connectivity index is 1.83. The molecule has 1 heterocycles. The highest BCUT2D eigenvalue weighted by atomic mass is 32.1. The van der Waals surface area contributed by atoms with Crippen molar-refractivity contribution in [3.05, 3.63) is 48.4 Å². The molecule has 0 amide bonds. The van der Waals surface area contributed by atoms with Crippen LogP contribution in [0.4, 0.5) is 5.69 Å². The number of benzene rings is 1. The molecule has 1 fully saturated rings. The first kappa shape index (κ1) is 17.8. The zero-order chi connectivity index (χ0) is 17.6. The first-order valence-electron chi connectivity index (χ1n) is 8.96. The zero-order valence-electron chi connectivity index (χ0n) is 14.9. The van der Waals surface area contributed by atoms with Gasteiger partial charge in [-0.2, -0.15) is 0 Å². The Labute approximate surface area is 155 Å². The Hall–Kier alpha value is -2.01. The van der Waals surface area contributed by atoms with Crippen molar-refractivity contribution >= 4 is 23.0 Å². The molecule has 1 saturated carbocycles. The molecule has 1 aromatic carbocycles. The predicted octanol–water partition coefficient (Wildman–Crippen LogP) is 5.38. The van der Waals surface area contributed by atoms with Crippen molar-refractivity contribution in [2.75, 3.05) is 12.4 Å². The van der Waals surface area contributed by atoms with E-state index in [4.69, 9.17) is 21.4 Å². The molecule has 0 saturated heterocycles. The van der Waals surface area contributed by atoms with Crippen LogP contribution in [0.5, 0.6) is 5.75 Å². The summed E-state index contributed by atoms with van der Waals surface area (Å²) < 4.78 is 11.1. The van der Waals surface area contributed by atoms with Gasteiger partial charge in [0.2, 0.25) is 0 Å². The second-order valence-electron chi connectivity index (χ2n) is 6.52. The van der Waals surface area contributed by atoms with Crippen molar-refractivity contribution < 1.29 is 9.15 Å². The molecule has 5 heteroatoms. The number of hydrogen-bond acceptors (Lipinski definition) is 3. The number of anilines is 1. The number of rotatable bonds is 5. The maximum absolute atomic E-state index is 5.81. The Kier molecular flexibility index (Phi) is 5.97. The summed E-state index contributed by atoms with van der Waals surface area (Å²) >= 11 is 5.81. The SMILES string of the molecule is COc1ccccc1NC(=S)N(C1CCCCC1)C(C)c1ccco1. The topological polar surface area (TPSA) is 37.6 Å². The van der Waals surface area contributed by atoms with Gasteiger partial charge in [-0.15, -0.1) is 0 Å². The third-order valence-corrected chi connectivity index (χ3v) is 5.24. The van der Waals surface area contributed by atoms with Crippen LogP contribution in [0.1, 0.15) is 50.8 Å². The first-order valence-corrected chi connectivity index (χ1v) is 9.37. The van der Waals surface area contributed by atoms with Gasteiger partial charge in [-0.1, -0.05) is 31.4 Å². The van der Waals surface area contributed by atoms with Gasteiger partial charge < -0.3 is 19.4 Å². The summed E-state index contributed by atoms with van der Waals surface area (Å²) in [6.07, 6.45) is 7.87. The lowest BCUT2D eigenvalue weighted by Crippen LogP contribution is -2.45. The highest BCUT2D eigenvalue weighted by Gasteiger charge is 2.29. The van der Waals surface area contributed by atoms with Gasteiger partial charge in [-0.3, -0.25) is 0 Å². The highest BCUT2D eigenvalue weighted by molar-refractivity contribution is 7.80. The van der Waals surface area contributed by atoms with Gasteiger partial charge in [0.05, 0.1) is 25.1 Å². The number of ether oxygens (including phenoxy) is 1. The second kappa shape index (κ2) is 8.39. The third-order valence-electron chi connectivity index (χ3n) is 4.92. The summed E-state index contributed by atoms with van der Waals surface area (Å²) in [6, 6.07) is 12.3. The normalized spacial score (nSPS) is 16.2. The van der Waals surface area contributed by atoms with E-state index in [-0.39, 0.29) is 6.04 Å². The largest absolute Gasteiger partial charge is 0.495 e. The zero-order valence-corrected chi connectivity index (χ0v) is 15.7. The minimum atomic E-state index is 0.0906. The van der Waals surface area contributed by atoms with Crippen LogP contribution in [-0.2, 0) is 0 Å². The van der Waals surface area contributed by atoms with Gasteiger partial charge in [0.15, 0.2) is 5.11 Å². The number of nitrogens with one attached hydrogen (secondary N) is 1. The molecule has 1 unspecified atom stereocenters. The molecule has 1 aromatic heterocycles. The summed E-state index contributed by atoms with van der Waals surface area (Å²) in [6.45, 7) is 2.16. The standard InChI is InChI=1S/C20H26N2O2S/c1-15(18-13-8-14-24-18)22(16-9-4-3-5-10-16)20(25)21-17-11-6-7-12-19(17)23-2/h6-8,11-16H,3-5,9-10H2,1-2H3,(H,21,25).